The molecule has 5 nitrogen and oxygen atoms in total. The Morgan fingerprint density at radius 1 is 1.07 bits per heavy atom. The third-order valence-corrected chi connectivity index (χ3v) is 5.22. The van der Waals surface area contributed by atoms with Crippen LogP contribution in [-0.2, 0) is 23.1 Å². The Labute approximate surface area is 168 Å². The Balaban J connectivity index is 1.77. The van der Waals surface area contributed by atoms with Gasteiger partial charge in [-0.1, -0.05) is 37.3 Å². The molecule has 140 valence electrons. The molecule has 0 saturated carbocycles. The molecule has 1 fully saturated rings. The number of thiocarbonyl (C=S) groups is 1. The number of aromatic nitrogens is 1. The normalized spacial score (nSPS) is 16.1. The summed E-state index contributed by atoms with van der Waals surface area (Å²) < 4.78 is 1.97. The topological polar surface area (TPSA) is 54.3 Å². The van der Waals surface area contributed by atoms with Crippen LogP contribution in [0.5, 0.6) is 0 Å². The Hall–Kier alpha value is -3.25. The molecule has 2 amide bonds. The van der Waals surface area contributed by atoms with Gasteiger partial charge >= 0.3 is 0 Å². The third-order valence-electron chi connectivity index (χ3n) is 4.93. The van der Waals surface area contributed by atoms with Crippen LogP contribution in [0.25, 0.3) is 17.0 Å². The van der Waals surface area contributed by atoms with Crippen molar-refractivity contribution in [3.8, 4) is 0 Å². The average molecular weight is 389 g/mol. The lowest BCUT2D eigenvalue weighted by molar-refractivity contribution is -0.122. The highest BCUT2D eigenvalue weighted by Gasteiger charge is 2.34. The number of fused-ring (bicyclic) bond motifs is 1. The number of rotatable bonds is 3. The van der Waals surface area contributed by atoms with Crippen molar-refractivity contribution < 1.29 is 9.59 Å². The molecule has 4 rings (SSSR count). The average Bonchev–Trinajstić information content (AvgIpc) is 3.01. The van der Waals surface area contributed by atoms with Gasteiger partial charge in [-0.05, 0) is 48.5 Å². The van der Waals surface area contributed by atoms with Crippen LogP contribution >= 0.6 is 12.2 Å². The van der Waals surface area contributed by atoms with E-state index in [1.54, 1.807) is 6.08 Å². The molecule has 0 radical (unpaired) electrons. The van der Waals surface area contributed by atoms with E-state index in [-0.39, 0.29) is 10.7 Å². The van der Waals surface area contributed by atoms with Gasteiger partial charge in [-0.2, -0.15) is 0 Å². The van der Waals surface area contributed by atoms with Crippen molar-refractivity contribution in [3.05, 3.63) is 71.4 Å². The summed E-state index contributed by atoms with van der Waals surface area (Å²) in [6.45, 7) is 2.07. The summed E-state index contributed by atoms with van der Waals surface area (Å²) in [6.07, 6.45) is 4.45. The summed E-state index contributed by atoms with van der Waals surface area (Å²) in [6, 6.07) is 15.5. The molecule has 3 aromatic rings. The van der Waals surface area contributed by atoms with Crippen LogP contribution in [0.3, 0.4) is 0 Å². The molecule has 1 aromatic heterocycles. The largest absolute Gasteiger partial charge is 0.350 e. The van der Waals surface area contributed by atoms with Crippen molar-refractivity contribution in [2.24, 2.45) is 7.05 Å². The lowest BCUT2D eigenvalue weighted by Gasteiger charge is -2.29. The quantitative estimate of drug-likeness (QED) is 0.423. The first-order valence-electron chi connectivity index (χ1n) is 9.04. The molecule has 0 unspecified atom stereocenters. The molecule has 6 heteroatoms. The van der Waals surface area contributed by atoms with E-state index in [4.69, 9.17) is 12.2 Å². The predicted molar refractivity (Wildman–Crippen MR) is 115 cm³/mol. The monoisotopic (exact) mass is 389 g/mol. The molecule has 1 saturated heterocycles. The standard InChI is InChI=1S/C22H19N3O2S/c1-3-14-8-10-16(11-9-14)25-21(27)18(20(26)23-22(25)28)12-15-13-24(2)19-7-5-4-6-17(15)19/h4-13H,3H2,1-2H3,(H,23,26,28)/b18-12+. The number of carbonyl (C=O) groups excluding carboxylic acids is 2. The minimum absolute atomic E-state index is 0.0597. The zero-order valence-electron chi connectivity index (χ0n) is 15.6. The van der Waals surface area contributed by atoms with Gasteiger partial charge < -0.3 is 4.57 Å². The maximum atomic E-state index is 13.2. The van der Waals surface area contributed by atoms with Crippen molar-refractivity contribution in [2.75, 3.05) is 4.90 Å². The van der Waals surface area contributed by atoms with Crippen molar-refractivity contribution in [2.45, 2.75) is 13.3 Å². The van der Waals surface area contributed by atoms with E-state index < -0.39 is 11.8 Å². The van der Waals surface area contributed by atoms with Gasteiger partial charge in [0, 0.05) is 29.7 Å². The van der Waals surface area contributed by atoms with E-state index in [9.17, 15) is 9.59 Å². The first-order chi connectivity index (χ1) is 13.5. The molecular weight excluding hydrogens is 370 g/mol. The fourth-order valence-electron chi connectivity index (χ4n) is 3.42. The van der Waals surface area contributed by atoms with Crippen LogP contribution in [0.2, 0.25) is 0 Å². The zero-order chi connectivity index (χ0) is 19.8. The third kappa shape index (κ3) is 3.01. The highest BCUT2D eigenvalue weighted by molar-refractivity contribution is 7.80. The van der Waals surface area contributed by atoms with Crippen molar-refractivity contribution in [1.82, 2.24) is 9.88 Å². The van der Waals surface area contributed by atoms with Crippen LogP contribution in [0, 0.1) is 0 Å². The molecule has 28 heavy (non-hydrogen) atoms. The minimum Gasteiger partial charge on any atom is -0.350 e. The first-order valence-corrected chi connectivity index (χ1v) is 9.45. The SMILES string of the molecule is CCc1ccc(N2C(=O)/C(=C/c3cn(C)c4ccccc34)C(=O)NC2=S)cc1. The Bertz CT molecular complexity index is 1140. The number of carbonyl (C=O) groups is 2. The molecule has 2 aromatic carbocycles. The van der Waals surface area contributed by atoms with E-state index in [1.165, 1.54) is 4.90 Å². The van der Waals surface area contributed by atoms with Crippen LogP contribution in [0.4, 0.5) is 5.69 Å². The second-order valence-electron chi connectivity index (χ2n) is 6.69. The van der Waals surface area contributed by atoms with Gasteiger partial charge in [0.2, 0.25) is 0 Å². The van der Waals surface area contributed by atoms with Crippen molar-refractivity contribution >= 4 is 51.8 Å². The summed E-state index contributed by atoms with van der Waals surface area (Å²) in [5.74, 6) is -0.907. The number of hydrogen-bond acceptors (Lipinski definition) is 3. The molecule has 1 aliphatic heterocycles. The highest BCUT2D eigenvalue weighted by atomic mass is 32.1. The number of hydrogen-bond donors (Lipinski definition) is 1. The van der Waals surface area contributed by atoms with Crippen LogP contribution in [0.1, 0.15) is 18.1 Å². The highest BCUT2D eigenvalue weighted by Crippen LogP contribution is 2.26. The maximum absolute atomic E-state index is 13.2. The first kappa shape index (κ1) is 18.1. The maximum Gasteiger partial charge on any atom is 0.270 e. The van der Waals surface area contributed by atoms with Gasteiger partial charge in [-0.3, -0.25) is 19.8 Å². The molecule has 0 aliphatic carbocycles. The van der Waals surface area contributed by atoms with Crippen molar-refractivity contribution in [3.63, 3.8) is 0 Å². The van der Waals surface area contributed by atoms with E-state index >= 15 is 0 Å². The summed E-state index contributed by atoms with van der Waals surface area (Å²) in [5.41, 5.74) is 3.70. The number of aryl methyl sites for hydroxylation is 2. The molecule has 0 atom stereocenters. The van der Waals surface area contributed by atoms with Crippen LogP contribution in [-0.4, -0.2) is 21.5 Å². The van der Waals surface area contributed by atoms with Gasteiger partial charge in [0.05, 0.1) is 5.69 Å². The lowest BCUT2D eigenvalue weighted by Crippen LogP contribution is -2.54. The number of benzene rings is 2. The van der Waals surface area contributed by atoms with E-state index in [2.05, 4.69) is 12.2 Å². The second-order valence-corrected chi connectivity index (χ2v) is 7.08. The van der Waals surface area contributed by atoms with Gasteiger partial charge in [0.1, 0.15) is 5.57 Å². The summed E-state index contributed by atoms with van der Waals surface area (Å²) in [5, 5.41) is 3.70. The summed E-state index contributed by atoms with van der Waals surface area (Å²) in [4.78, 5) is 27.0. The van der Waals surface area contributed by atoms with Crippen LogP contribution < -0.4 is 10.2 Å². The number of amides is 2. The number of nitrogens with one attached hydrogen (secondary N) is 1. The van der Waals surface area contributed by atoms with E-state index in [0.29, 0.717) is 5.69 Å². The molecule has 2 heterocycles. The van der Waals surface area contributed by atoms with E-state index in [1.807, 2.05) is 66.3 Å². The fraction of sp³-hybridized carbons (Fsp3) is 0.136. The summed E-state index contributed by atoms with van der Waals surface area (Å²) in [7, 11) is 1.93. The van der Waals surface area contributed by atoms with Gasteiger partial charge in [-0.25, -0.2) is 0 Å². The number of nitrogens with zero attached hydrogens (tertiary/aromatic N) is 2. The Morgan fingerprint density at radius 2 is 1.79 bits per heavy atom. The number of anilines is 1. The molecule has 0 bridgehead atoms. The predicted octanol–water partition coefficient (Wildman–Crippen LogP) is 3.57. The fourth-order valence-corrected chi connectivity index (χ4v) is 3.70. The second kappa shape index (κ2) is 7.05. The molecule has 1 aliphatic rings. The smallest absolute Gasteiger partial charge is 0.270 e. The summed E-state index contributed by atoms with van der Waals surface area (Å²) >= 11 is 5.27. The minimum atomic E-state index is -0.482. The molecular formula is C22H19N3O2S. The Morgan fingerprint density at radius 3 is 2.50 bits per heavy atom. The number of para-hydroxylation sites is 1. The zero-order valence-corrected chi connectivity index (χ0v) is 16.4. The van der Waals surface area contributed by atoms with Crippen LogP contribution in [0.15, 0.2) is 60.3 Å². The van der Waals surface area contributed by atoms with Gasteiger partial charge in [-0.15, -0.1) is 0 Å². The van der Waals surface area contributed by atoms with Gasteiger partial charge in [0.15, 0.2) is 5.11 Å². The lowest BCUT2D eigenvalue weighted by atomic mass is 10.1. The molecule has 0 spiro atoms. The van der Waals surface area contributed by atoms with Gasteiger partial charge in [0.25, 0.3) is 11.8 Å². The van der Waals surface area contributed by atoms with Crippen molar-refractivity contribution in [1.29, 1.82) is 0 Å². The van der Waals surface area contributed by atoms with E-state index in [0.717, 1.165) is 28.5 Å². The molecule has 1 N–H and O–H groups in total. The Kier molecular flexibility index (Phi) is 4.57.